The number of halogens is 1. The summed E-state index contributed by atoms with van der Waals surface area (Å²) in [6, 6.07) is 0. The van der Waals surface area contributed by atoms with Crippen LogP contribution in [0.3, 0.4) is 0 Å². The van der Waals surface area contributed by atoms with Crippen molar-refractivity contribution in [2.45, 2.75) is 25.1 Å². The molecule has 1 saturated heterocycles. The van der Waals surface area contributed by atoms with Crippen molar-refractivity contribution in [1.29, 1.82) is 0 Å². The molecular formula is C10H18ClNO2. The summed E-state index contributed by atoms with van der Waals surface area (Å²) in [4.78, 5) is 13.5. The quantitative estimate of drug-likeness (QED) is 0.674. The molecule has 0 aliphatic carbocycles. The zero-order valence-corrected chi connectivity index (χ0v) is 9.59. The van der Waals surface area contributed by atoms with Crippen LogP contribution in [0.4, 0.5) is 0 Å². The molecule has 82 valence electrons. The van der Waals surface area contributed by atoms with Crippen LogP contribution in [0, 0.1) is 5.92 Å². The van der Waals surface area contributed by atoms with Gasteiger partial charge in [-0.15, -0.1) is 11.6 Å². The predicted molar refractivity (Wildman–Crippen MR) is 56.5 cm³/mol. The van der Waals surface area contributed by atoms with Crippen molar-refractivity contribution in [2.75, 3.05) is 26.8 Å². The van der Waals surface area contributed by atoms with Gasteiger partial charge in [-0.3, -0.25) is 4.79 Å². The normalized spacial score (nSPS) is 24.8. The molecule has 1 aliphatic heterocycles. The standard InChI is InChI=1S/C10H18ClNO2/c1-8(11)10(13)12-5-3-4-9(6-12)7-14-2/h8-9H,3-7H2,1-2H3/t8-,9+/m1/s1. The molecule has 0 unspecified atom stereocenters. The highest BCUT2D eigenvalue weighted by atomic mass is 35.5. The zero-order chi connectivity index (χ0) is 10.6. The summed E-state index contributed by atoms with van der Waals surface area (Å²) < 4.78 is 5.10. The van der Waals surface area contributed by atoms with E-state index >= 15 is 0 Å². The Balaban J connectivity index is 2.43. The van der Waals surface area contributed by atoms with Gasteiger partial charge in [0.25, 0.3) is 0 Å². The fourth-order valence-electron chi connectivity index (χ4n) is 1.89. The third-order valence-electron chi connectivity index (χ3n) is 2.57. The lowest BCUT2D eigenvalue weighted by atomic mass is 9.99. The summed E-state index contributed by atoms with van der Waals surface area (Å²) in [5, 5.41) is -0.406. The Morgan fingerprint density at radius 1 is 1.71 bits per heavy atom. The molecule has 0 aromatic heterocycles. The summed E-state index contributed by atoms with van der Waals surface area (Å²) in [5.74, 6) is 0.528. The van der Waals surface area contributed by atoms with E-state index in [4.69, 9.17) is 16.3 Å². The summed E-state index contributed by atoms with van der Waals surface area (Å²) in [6.45, 7) is 4.10. The van der Waals surface area contributed by atoms with Crippen molar-refractivity contribution in [2.24, 2.45) is 5.92 Å². The highest BCUT2D eigenvalue weighted by molar-refractivity contribution is 6.30. The van der Waals surface area contributed by atoms with Crippen LogP contribution in [-0.2, 0) is 9.53 Å². The number of alkyl halides is 1. The number of nitrogens with zero attached hydrogens (tertiary/aromatic N) is 1. The van der Waals surface area contributed by atoms with E-state index in [1.165, 1.54) is 0 Å². The first-order chi connectivity index (χ1) is 6.65. The van der Waals surface area contributed by atoms with Crippen LogP contribution in [0.25, 0.3) is 0 Å². The zero-order valence-electron chi connectivity index (χ0n) is 8.83. The maximum atomic E-state index is 11.6. The van der Waals surface area contributed by atoms with Crippen LogP contribution in [0.5, 0.6) is 0 Å². The van der Waals surface area contributed by atoms with E-state index in [1.807, 2.05) is 4.90 Å². The largest absolute Gasteiger partial charge is 0.384 e. The lowest BCUT2D eigenvalue weighted by molar-refractivity contribution is -0.132. The minimum Gasteiger partial charge on any atom is -0.384 e. The fourth-order valence-corrected chi connectivity index (χ4v) is 2.03. The average molecular weight is 220 g/mol. The van der Waals surface area contributed by atoms with Gasteiger partial charge in [0.1, 0.15) is 5.38 Å². The van der Waals surface area contributed by atoms with Gasteiger partial charge in [-0.2, -0.15) is 0 Å². The van der Waals surface area contributed by atoms with Crippen molar-refractivity contribution in [3.8, 4) is 0 Å². The monoisotopic (exact) mass is 219 g/mol. The molecule has 1 amide bonds. The SMILES string of the molecule is COC[C@H]1CCCN(C(=O)[C@@H](C)Cl)C1. The third kappa shape index (κ3) is 3.14. The smallest absolute Gasteiger partial charge is 0.240 e. The minimum absolute atomic E-state index is 0.0486. The Labute approximate surface area is 90.4 Å². The first-order valence-electron chi connectivity index (χ1n) is 5.07. The van der Waals surface area contributed by atoms with E-state index in [9.17, 15) is 4.79 Å². The van der Waals surface area contributed by atoms with E-state index < -0.39 is 5.38 Å². The second-order valence-corrected chi connectivity index (χ2v) is 4.52. The molecule has 0 radical (unpaired) electrons. The van der Waals surface area contributed by atoms with Gasteiger partial charge in [-0.05, 0) is 25.7 Å². The fraction of sp³-hybridized carbons (Fsp3) is 0.900. The summed E-state index contributed by atoms with van der Waals surface area (Å²) in [5.41, 5.74) is 0. The summed E-state index contributed by atoms with van der Waals surface area (Å²) in [7, 11) is 1.70. The molecule has 1 rings (SSSR count). The van der Waals surface area contributed by atoms with Gasteiger partial charge < -0.3 is 9.64 Å². The summed E-state index contributed by atoms with van der Waals surface area (Å²) in [6.07, 6.45) is 2.21. The predicted octanol–water partition coefficient (Wildman–Crippen LogP) is 1.50. The molecule has 14 heavy (non-hydrogen) atoms. The van der Waals surface area contributed by atoms with Crippen molar-refractivity contribution in [3.05, 3.63) is 0 Å². The average Bonchev–Trinajstić information content (AvgIpc) is 2.17. The van der Waals surface area contributed by atoms with Crippen LogP contribution in [0.15, 0.2) is 0 Å². The molecule has 3 nitrogen and oxygen atoms in total. The molecule has 0 bridgehead atoms. The van der Waals surface area contributed by atoms with Gasteiger partial charge in [0, 0.05) is 20.2 Å². The maximum absolute atomic E-state index is 11.6. The van der Waals surface area contributed by atoms with E-state index in [1.54, 1.807) is 14.0 Å². The number of rotatable bonds is 3. The molecule has 4 heteroatoms. The Hall–Kier alpha value is -0.280. The van der Waals surface area contributed by atoms with Gasteiger partial charge in [0.15, 0.2) is 0 Å². The van der Waals surface area contributed by atoms with Crippen LogP contribution >= 0.6 is 11.6 Å². The number of carbonyl (C=O) groups is 1. The number of ether oxygens (including phenoxy) is 1. The second kappa shape index (κ2) is 5.56. The molecule has 0 saturated carbocycles. The molecule has 0 aromatic rings. The number of hydrogen-bond donors (Lipinski definition) is 0. The molecule has 0 N–H and O–H groups in total. The van der Waals surface area contributed by atoms with Gasteiger partial charge in [0.2, 0.25) is 5.91 Å². The molecule has 0 spiro atoms. The number of likely N-dealkylation sites (tertiary alicyclic amines) is 1. The third-order valence-corrected chi connectivity index (χ3v) is 2.76. The van der Waals surface area contributed by atoms with Gasteiger partial charge in [-0.25, -0.2) is 0 Å². The Bertz CT molecular complexity index is 195. The van der Waals surface area contributed by atoms with Crippen LogP contribution in [-0.4, -0.2) is 43.0 Å². The van der Waals surface area contributed by atoms with Crippen molar-refractivity contribution in [3.63, 3.8) is 0 Å². The molecule has 0 aromatic carbocycles. The molecule has 1 heterocycles. The summed E-state index contributed by atoms with van der Waals surface area (Å²) >= 11 is 5.76. The minimum atomic E-state index is -0.406. The van der Waals surface area contributed by atoms with Crippen LogP contribution in [0.1, 0.15) is 19.8 Å². The van der Waals surface area contributed by atoms with E-state index in [-0.39, 0.29) is 5.91 Å². The topological polar surface area (TPSA) is 29.5 Å². The molecular weight excluding hydrogens is 202 g/mol. The van der Waals surface area contributed by atoms with E-state index in [2.05, 4.69) is 0 Å². The number of carbonyl (C=O) groups excluding carboxylic acids is 1. The van der Waals surface area contributed by atoms with Crippen molar-refractivity contribution < 1.29 is 9.53 Å². The second-order valence-electron chi connectivity index (χ2n) is 3.86. The van der Waals surface area contributed by atoms with E-state index in [0.717, 1.165) is 32.5 Å². The van der Waals surface area contributed by atoms with Gasteiger partial charge in [-0.1, -0.05) is 0 Å². The molecule has 1 aliphatic rings. The van der Waals surface area contributed by atoms with Gasteiger partial charge in [0.05, 0.1) is 6.61 Å². The Morgan fingerprint density at radius 2 is 2.43 bits per heavy atom. The van der Waals surface area contributed by atoms with Crippen LogP contribution < -0.4 is 0 Å². The first kappa shape index (κ1) is 11.8. The van der Waals surface area contributed by atoms with Crippen molar-refractivity contribution in [1.82, 2.24) is 4.90 Å². The molecule has 1 fully saturated rings. The maximum Gasteiger partial charge on any atom is 0.240 e. The Morgan fingerprint density at radius 3 is 3.00 bits per heavy atom. The lowest BCUT2D eigenvalue weighted by Gasteiger charge is -2.33. The van der Waals surface area contributed by atoms with Gasteiger partial charge >= 0.3 is 0 Å². The molecule has 2 atom stereocenters. The van der Waals surface area contributed by atoms with Crippen molar-refractivity contribution >= 4 is 17.5 Å². The first-order valence-corrected chi connectivity index (χ1v) is 5.50. The highest BCUT2D eigenvalue weighted by Gasteiger charge is 2.25. The number of hydrogen-bond acceptors (Lipinski definition) is 2. The number of piperidine rings is 1. The lowest BCUT2D eigenvalue weighted by Crippen LogP contribution is -2.43. The number of amides is 1. The van der Waals surface area contributed by atoms with E-state index in [0.29, 0.717) is 5.92 Å². The van der Waals surface area contributed by atoms with Crippen LogP contribution in [0.2, 0.25) is 0 Å². The number of methoxy groups -OCH3 is 1. The Kier molecular flexibility index (Phi) is 4.69. The highest BCUT2D eigenvalue weighted by Crippen LogP contribution is 2.18.